The molecule has 15 heavy (non-hydrogen) atoms. The van der Waals surface area contributed by atoms with Crippen molar-refractivity contribution < 1.29 is 19.5 Å². The predicted octanol–water partition coefficient (Wildman–Crippen LogP) is -0.976. The number of urea groups is 1. The molecule has 0 aromatic rings. The third-order valence-electron chi connectivity index (χ3n) is 1.67. The molecule has 86 valence electrons. The molecule has 0 saturated carbocycles. The summed E-state index contributed by atoms with van der Waals surface area (Å²) in [6, 6.07) is -1.54. The molecule has 7 nitrogen and oxygen atoms in total. The minimum absolute atomic E-state index is 0.0251. The van der Waals surface area contributed by atoms with Crippen LogP contribution in [0.25, 0.3) is 0 Å². The van der Waals surface area contributed by atoms with E-state index in [1.807, 2.05) is 0 Å². The van der Waals surface area contributed by atoms with Gasteiger partial charge in [-0.25, -0.2) is 9.59 Å². The molecule has 0 rings (SSSR count). The molecule has 1 unspecified atom stereocenters. The second kappa shape index (κ2) is 6.63. The molecule has 0 aromatic carbocycles. The molecule has 0 aromatic heterocycles. The van der Waals surface area contributed by atoms with E-state index in [0.29, 0.717) is 6.42 Å². The quantitative estimate of drug-likeness (QED) is 0.457. The Morgan fingerprint density at radius 1 is 1.40 bits per heavy atom. The SMILES string of the molecule is CCC(NC(=O)NCCC(N)=O)C(=O)O. The van der Waals surface area contributed by atoms with Gasteiger partial charge in [0.1, 0.15) is 6.04 Å². The average molecular weight is 217 g/mol. The van der Waals surface area contributed by atoms with Gasteiger partial charge in [0.15, 0.2) is 0 Å². The van der Waals surface area contributed by atoms with E-state index in [-0.39, 0.29) is 13.0 Å². The number of hydrogen-bond donors (Lipinski definition) is 4. The Kier molecular flexibility index (Phi) is 5.84. The number of amides is 3. The number of carboxylic acids is 1. The van der Waals surface area contributed by atoms with E-state index in [4.69, 9.17) is 10.8 Å². The van der Waals surface area contributed by atoms with Crippen LogP contribution in [0.4, 0.5) is 4.79 Å². The van der Waals surface area contributed by atoms with Crippen LogP contribution in [-0.4, -0.2) is 35.6 Å². The van der Waals surface area contributed by atoms with E-state index >= 15 is 0 Å². The molecule has 0 aliphatic rings. The summed E-state index contributed by atoms with van der Waals surface area (Å²) in [5.74, 6) is -1.62. The van der Waals surface area contributed by atoms with E-state index in [0.717, 1.165) is 0 Å². The van der Waals surface area contributed by atoms with Crippen LogP contribution < -0.4 is 16.4 Å². The highest BCUT2D eigenvalue weighted by Gasteiger charge is 2.16. The third kappa shape index (κ3) is 6.30. The zero-order valence-electron chi connectivity index (χ0n) is 8.45. The maximum absolute atomic E-state index is 11.1. The number of primary amides is 1. The predicted molar refractivity (Wildman–Crippen MR) is 52.1 cm³/mol. The van der Waals surface area contributed by atoms with Crippen molar-refractivity contribution >= 4 is 17.9 Å². The first-order valence-electron chi connectivity index (χ1n) is 4.52. The molecule has 0 saturated heterocycles. The first kappa shape index (κ1) is 13.2. The van der Waals surface area contributed by atoms with Crippen LogP contribution >= 0.6 is 0 Å². The molecule has 1 atom stereocenters. The molecule has 0 aliphatic carbocycles. The van der Waals surface area contributed by atoms with Gasteiger partial charge in [-0.15, -0.1) is 0 Å². The van der Waals surface area contributed by atoms with E-state index in [1.54, 1.807) is 6.92 Å². The summed E-state index contributed by atoms with van der Waals surface area (Å²) in [7, 11) is 0. The zero-order valence-corrected chi connectivity index (χ0v) is 8.45. The van der Waals surface area contributed by atoms with Gasteiger partial charge in [0.05, 0.1) is 0 Å². The first-order chi connectivity index (χ1) is 6.97. The van der Waals surface area contributed by atoms with Crippen LogP contribution in [0.1, 0.15) is 19.8 Å². The van der Waals surface area contributed by atoms with Gasteiger partial charge in [-0.1, -0.05) is 6.92 Å². The number of nitrogens with one attached hydrogen (secondary N) is 2. The second-order valence-electron chi connectivity index (χ2n) is 2.92. The van der Waals surface area contributed by atoms with Gasteiger partial charge in [0, 0.05) is 13.0 Å². The van der Waals surface area contributed by atoms with Crippen molar-refractivity contribution in [2.45, 2.75) is 25.8 Å². The van der Waals surface area contributed by atoms with Crippen molar-refractivity contribution in [1.29, 1.82) is 0 Å². The Hall–Kier alpha value is -1.79. The minimum Gasteiger partial charge on any atom is -0.480 e. The van der Waals surface area contributed by atoms with Gasteiger partial charge in [-0.05, 0) is 6.42 Å². The lowest BCUT2D eigenvalue weighted by Crippen LogP contribution is -2.46. The minimum atomic E-state index is -1.09. The first-order valence-corrected chi connectivity index (χ1v) is 4.52. The van der Waals surface area contributed by atoms with E-state index in [1.165, 1.54) is 0 Å². The van der Waals surface area contributed by atoms with Crippen molar-refractivity contribution in [3.63, 3.8) is 0 Å². The van der Waals surface area contributed by atoms with Gasteiger partial charge in [0.2, 0.25) is 5.91 Å². The van der Waals surface area contributed by atoms with Crippen molar-refractivity contribution in [2.75, 3.05) is 6.54 Å². The Morgan fingerprint density at radius 2 is 2.00 bits per heavy atom. The van der Waals surface area contributed by atoms with Crippen molar-refractivity contribution in [1.82, 2.24) is 10.6 Å². The maximum atomic E-state index is 11.1. The number of hydrogen-bond acceptors (Lipinski definition) is 3. The summed E-state index contributed by atoms with van der Waals surface area (Å²) in [6.45, 7) is 1.74. The molecule has 0 spiro atoms. The molecule has 0 aliphatic heterocycles. The highest BCUT2D eigenvalue weighted by Crippen LogP contribution is 1.90. The Balaban J connectivity index is 3.81. The van der Waals surface area contributed by atoms with Gasteiger partial charge >= 0.3 is 12.0 Å². The van der Waals surface area contributed by atoms with E-state index in [9.17, 15) is 14.4 Å². The number of carbonyl (C=O) groups is 3. The number of aliphatic carboxylic acids is 1. The van der Waals surface area contributed by atoms with Crippen LogP contribution in [-0.2, 0) is 9.59 Å². The van der Waals surface area contributed by atoms with Gasteiger partial charge in [-0.2, -0.15) is 0 Å². The van der Waals surface area contributed by atoms with Gasteiger partial charge in [0.25, 0.3) is 0 Å². The lowest BCUT2D eigenvalue weighted by atomic mass is 10.2. The Bertz CT molecular complexity index is 254. The molecule has 5 N–H and O–H groups in total. The normalized spacial score (nSPS) is 11.5. The lowest BCUT2D eigenvalue weighted by molar-refractivity contribution is -0.139. The smallest absolute Gasteiger partial charge is 0.326 e. The highest BCUT2D eigenvalue weighted by molar-refractivity contribution is 5.82. The number of carboxylic acid groups (broad SMARTS) is 1. The maximum Gasteiger partial charge on any atom is 0.326 e. The molecule has 3 amide bonds. The van der Waals surface area contributed by atoms with E-state index < -0.39 is 23.9 Å². The van der Waals surface area contributed by atoms with E-state index in [2.05, 4.69) is 10.6 Å². The molecular weight excluding hydrogens is 202 g/mol. The van der Waals surface area contributed by atoms with Crippen LogP contribution in [0.2, 0.25) is 0 Å². The molecule has 7 heteroatoms. The van der Waals surface area contributed by atoms with Crippen molar-refractivity contribution in [3.05, 3.63) is 0 Å². The zero-order chi connectivity index (χ0) is 11.8. The third-order valence-corrected chi connectivity index (χ3v) is 1.67. The van der Waals surface area contributed by atoms with Gasteiger partial charge < -0.3 is 21.5 Å². The van der Waals surface area contributed by atoms with Crippen LogP contribution in [0.5, 0.6) is 0 Å². The summed E-state index contributed by atoms with van der Waals surface area (Å²) >= 11 is 0. The fourth-order valence-electron chi connectivity index (χ4n) is 0.847. The number of carbonyl (C=O) groups excluding carboxylic acids is 2. The molecule has 0 radical (unpaired) electrons. The highest BCUT2D eigenvalue weighted by atomic mass is 16.4. The van der Waals surface area contributed by atoms with Crippen LogP contribution in [0.15, 0.2) is 0 Å². The molecule has 0 heterocycles. The van der Waals surface area contributed by atoms with Crippen molar-refractivity contribution in [2.24, 2.45) is 5.73 Å². The fraction of sp³-hybridized carbons (Fsp3) is 0.625. The Labute approximate surface area is 87.0 Å². The second-order valence-corrected chi connectivity index (χ2v) is 2.92. The monoisotopic (exact) mass is 217 g/mol. The standard InChI is InChI=1S/C8H15N3O4/c1-2-5(7(13)14)11-8(15)10-4-3-6(9)12/h5H,2-4H2,1H3,(H2,9,12)(H,13,14)(H2,10,11,15). The van der Waals surface area contributed by atoms with Crippen LogP contribution in [0, 0.1) is 0 Å². The summed E-state index contributed by atoms with van der Waals surface area (Å²) in [4.78, 5) is 31.9. The number of rotatable bonds is 6. The van der Waals surface area contributed by atoms with Gasteiger partial charge in [-0.3, -0.25) is 4.79 Å². The Morgan fingerprint density at radius 3 is 2.40 bits per heavy atom. The van der Waals surface area contributed by atoms with Crippen LogP contribution in [0.3, 0.4) is 0 Å². The largest absolute Gasteiger partial charge is 0.480 e. The summed E-state index contributed by atoms with van der Waals surface area (Å²) in [5, 5.41) is 13.2. The summed E-state index contributed by atoms with van der Waals surface area (Å²) in [5.41, 5.74) is 4.85. The fourth-order valence-corrected chi connectivity index (χ4v) is 0.847. The number of nitrogens with two attached hydrogens (primary N) is 1. The molecule has 0 bridgehead atoms. The molecule has 0 fully saturated rings. The lowest BCUT2D eigenvalue weighted by Gasteiger charge is -2.12. The molecular formula is C8H15N3O4. The van der Waals surface area contributed by atoms with Crippen molar-refractivity contribution in [3.8, 4) is 0 Å². The topological polar surface area (TPSA) is 122 Å². The summed E-state index contributed by atoms with van der Waals surface area (Å²) < 4.78 is 0. The summed E-state index contributed by atoms with van der Waals surface area (Å²) in [6.07, 6.45) is 0.315. The average Bonchev–Trinajstić information content (AvgIpc) is 2.13.